The monoisotopic (exact) mass is 471 g/mol. The van der Waals surface area contributed by atoms with Crippen LogP contribution >= 0.6 is 11.6 Å². The molecule has 0 saturated carbocycles. The molecule has 1 aliphatic heterocycles. The number of sulfonamides is 1. The number of benzene rings is 2. The molecule has 0 unspecified atom stereocenters. The number of hydrogen-bond acceptors (Lipinski definition) is 6. The van der Waals surface area contributed by atoms with Gasteiger partial charge in [0, 0.05) is 49.4 Å². The molecule has 0 aliphatic carbocycles. The van der Waals surface area contributed by atoms with Gasteiger partial charge in [-0.25, -0.2) is 8.42 Å². The van der Waals surface area contributed by atoms with Gasteiger partial charge >= 0.3 is 0 Å². The highest BCUT2D eigenvalue weighted by molar-refractivity contribution is 7.89. The van der Waals surface area contributed by atoms with Crippen LogP contribution in [-0.2, 0) is 14.8 Å². The van der Waals surface area contributed by atoms with Gasteiger partial charge in [0.15, 0.2) is 5.82 Å². The van der Waals surface area contributed by atoms with Gasteiger partial charge in [0.1, 0.15) is 0 Å². The summed E-state index contributed by atoms with van der Waals surface area (Å²) < 4.78 is 27.4. The molecule has 1 fully saturated rings. The summed E-state index contributed by atoms with van der Waals surface area (Å²) in [6.45, 7) is 3.11. The van der Waals surface area contributed by atoms with Crippen molar-refractivity contribution in [2.45, 2.75) is 11.8 Å². The summed E-state index contributed by atoms with van der Waals surface area (Å²) in [6.07, 6.45) is 0. The fraction of sp³-hybridized carbons (Fsp3) is 0.227. The molecule has 2 heterocycles. The van der Waals surface area contributed by atoms with E-state index in [4.69, 9.17) is 11.6 Å². The highest BCUT2D eigenvalue weighted by atomic mass is 35.5. The van der Waals surface area contributed by atoms with Crippen molar-refractivity contribution < 1.29 is 13.2 Å². The van der Waals surface area contributed by atoms with Crippen molar-refractivity contribution in [2.24, 2.45) is 0 Å². The zero-order valence-electron chi connectivity index (χ0n) is 17.4. The van der Waals surface area contributed by atoms with E-state index in [0.29, 0.717) is 42.7 Å². The quantitative estimate of drug-likeness (QED) is 0.613. The summed E-state index contributed by atoms with van der Waals surface area (Å²) in [5.41, 5.74) is 2.23. The van der Waals surface area contributed by atoms with Gasteiger partial charge in [-0.1, -0.05) is 23.7 Å². The number of rotatable bonds is 5. The number of anilines is 2. The fourth-order valence-electron chi connectivity index (χ4n) is 3.49. The van der Waals surface area contributed by atoms with E-state index in [1.54, 1.807) is 24.3 Å². The third kappa shape index (κ3) is 4.90. The zero-order chi connectivity index (χ0) is 22.7. The summed E-state index contributed by atoms with van der Waals surface area (Å²) in [7, 11) is -3.61. The van der Waals surface area contributed by atoms with Crippen molar-refractivity contribution in [3.05, 3.63) is 65.7 Å². The molecule has 0 radical (unpaired) electrons. The first kappa shape index (κ1) is 22.2. The molecule has 1 N–H and O–H groups in total. The minimum absolute atomic E-state index is 0.201. The van der Waals surface area contributed by atoms with E-state index in [-0.39, 0.29) is 10.8 Å². The van der Waals surface area contributed by atoms with Crippen LogP contribution in [0.3, 0.4) is 0 Å². The summed E-state index contributed by atoms with van der Waals surface area (Å²) >= 11 is 5.93. The van der Waals surface area contributed by atoms with Crippen LogP contribution in [0.2, 0.25) is 5.02 Å². The number of nitrogens with one attached hydrogen (secondary N) is 1. The number of aromatic nitrogens is 2. The lowest BCUT2D eigenvalue weighted by Crippen LogP contribution is -2.49. The minimum atomic E-state index is -3.61. The Hall–Kier alpha value is -3.01. The maximum atomic E-state index is 13.0. The van der Waals surface area contributed by atoms with Gasteiger partial charge in [-0.3, -0.25) is 4.79 Å². The first-order valence-corrected chi connectivity index (χ1v) is 11.9. The molecule has 4 rings (SSSR count). The SMILES string of the molecule is CC(=O)Nc1ccc(S(=O)(=O)N2CCN(c3ccc(-c4ccc(Cl)cc4)nn3)CC2)cc1. The Bertz CT molecular complexity index is 1190. The molecule has 166 valence electrons. The zero-order valence-corrected chi connectivity index (χ0v) is 19.0. The molecule has 32 heavy (non-hydrogen) atoms. The Balaban J connectivity index is 1.40. The van der Waals surface area contributed by atoms with Gasteiger partial charge in [-0.05, 0) is 48.5 Å². The predicted molar refractivity (Wildman–Crippen MR) is 124 cm³/mol. The maximum absolute atomic E-state index is 13.0. The summed E-state index contributed by atoms with van der Waals surface area (Å²) in [6, 6.07) is 17.4. The second-order valence-corrected chi connectivity index (χ2v) is 9.75. The van der Waals surface area contributed by atoms with Crippen LogP contribution in [0.5, 0.6) is 0 Å². The molecule has 1 aromatic heterocycles. The molecule has 0 spiro atoms. The first-order chi connectivity index (χ1) is 15.3. The Labute approximate surface area is 191 Å². The van der Waals surface area contributed by atoms with Crippen molar-refractivity contribution in [3.8, 4) is 11.3 Å². The first-order valence-electron chi connectivity index (χ1n) is 10.1. The molecule has 0 bridgehead atoms. The van der Waals surface area contributed by atoms with Crippen LogP contribution < -0.4 is 10.2 Å². The lowest BCUT2D eigenvalue weighted by molar-refractivity contribution is -0.114. The number of carbonyl (C=O) groups excluding carboxylic acids is 1. The molecule has 1 aliphatic rings. The number of nitrogens with zero attached hydrogens (tertiary/aromatic N) is 4. The normalized spacial score (nSPS) is 14.9. The van der Waals surface area contributed by atoms with Gasteiger partial charge in [0.25, 0.3) is 0 Å². The molecule has 1 saturated heterocycles. The third-order valence-electron chi connectivity index (χ3n) is 5.17. The lowest BCUT2D eigenvalue weighted by atomic mass is 10.1. The van der Waals surface area contributed by atoms with Crippen LogP contribution in [-0.4, -0.2) is 55.0 Å². The molecular formula is C22H22ClN5O3S. The largest absolute Gasteiger partial charge is 0.352 e. The lowest BCUT2D eigenvalue weighted by Gasteiger charge is -2.34. The van der Waals surface area contributed by atoms with E-state index in [1.807, 2.05) is 29.2 Å². The van der Waals surface area contributed by atoms with Crippen molar-refractivity contribution in [1.29, 1.82) is 0 Å². The molecule has 1 amide bonds. The van der Waals surface area contributed by atoms with E-state index >= 15 is 0 Å². The van der Waals surface area contributed by atoms with Crippen LogP contribution in [0.25, 0.3) is 11.3 Å². The van der Waals surface area contributed by atoms with E-state index < -0.39 is 10.0 Å². The van der Waals surface area contributed by atoms with Crippen molar-refractivity contribution in [3.63, 3.8) is 0 Å². The average Bonchev–Trinajstić information content (AvgIpc) is 2.80. The van der Waals surface area contributed by atoms with E-state index in [9.17, 15) is 13.2 Å². The van der Waals surface area contributed by atoms with Gasteiger partial charge in [0.05, 0.1) is 10.6 Å². The number of piperazine rings is 1. The molecule has 2 aromatic carbocycles. The van der Waals surface area contributed by atoms with Gasteiger partial charge in [0.2, 0.25) is 15.9 Å². The Morgan fingerprint density at radius 1 is 0.906 bits per heavy atom. The second-order valence-electron chi connectivity index (χ2n) is 7.38. The number of halogens is 1. The topological polar surface area (TPSA) is 95.5 Å². The smallest absolute Gasteiger partial charge is 0.243 e. The van der Waals surface area contributed by atoms with Crippen molar-refractivity contribution in [2.75, 3.05) is 36.4 Å². The summed E-state index contributed by atoms with van der Waals surface area (Å²) in [5, 5.41) is 11.9. The highest BCUT2D eigenvalue weighted by Crippen LogP contribution is 2.23. The minimum Gasteiger partial charge on any atom is -0.352 e. The molecule has 0 atom stereocenters. The average molecular weight is 472 g/mol. The van der Waals surface area contributed by atoms with Crippen molar-refractivity contribution >= 4 is 39.0 Å². The van der Waals surface area contributed by atoms with Crippen LogP contribution in [0.4, 0.5) is 11.5 Å². The van der Waals surface area contributed by atoms with Gasteiger partial charge in [-0.15, -0.1) is 10.2 Å². The standard InChI is InChI=1S/C22H22ClN5O3S/c1-16(29)24-19-6-8-20(9-7-19)32(30,31)28-14-12-27(13-15-28)22-11-10-21(25-26-22)17-2-4-18(23)5-3-17/h2-11H,12-15H2,1H3,(H,24,29). The summed E-state index contributed by atoms with van der Waals surface area (Å²) in [5.74, 6) is 0.500. The Morgan fingerprint density at radius 2 is 1.56 bits per heavy atom. The molecule has 3 aromatic rings. The fourth-order valence-corrected chi connectivity index (χ4v) is 5.04. The third-order valence-corrected chi connectivity index (χ3v) is 7.33. The van der Waals surface area contributed by atoms with Gasteiger partial charge in [-0.2, -0.15) is 4.31 Å². The van der Waals surface area contributed by atoms with E-state index in [0.717, 1.165) is 11.3 Å². The van der Waals surface area contributed by atoms with Crippen LogP contribution in [0, 0.1) is 0 Å². The molecular weight excluding hydrogens is 450 g/mol. The van der Waals surface area contributed by atoms with Crippen molar-refractivity contribution in [1.82, 2.24) is 14.5 Å². The Morgan fingerprint density at radius 3 is 2.12 bits per heavy atom. The van der Waals surface area contributed by atoms with E-state index in [1.165, 1.54) is 23.4 Å². The van der Waals surface area contributed by atoms with Crippen LogP contribution in [0.1, 0.15) is 6.92 Å². The maximum Gasteiger partial charge on any atom is 0.243 e. The molecule has 10 heteroatoms. The number of hydrogen-bond donors (Lipinski definition) is 1. The number of amides is 1. The number of carbonyl (C=O) groups is 1. The highest BCUT2D eigenvalue weighted by Gasteiger charge is 2.29. The summed E-state index contributed by atoms with van der Waals surface area (Å²) in [4.78, 5) is 13.4. The van der Waals surface area contributed by atoms with E-state index in [2.05, 4.69) is 15.5 Å². The predicted octanol–water partition coefficient (Wildman–Crippen LogP) is 3.27. The Kier molecular flexibility index (Phi) is 6.40. The van der Waals surface area contributed by atoms with Crippen LogP contribution in [0.15, 0.2) is 65.6 Å². The van der Waals surface area contributed by atoms with Gasteiger partial charge < -0.3 is 10.2 Å². The molecule has 8 nitrogen and oxygen atoms in total. The second kappa shape index (κ2) is 9.23.